The van der Waals surface area contributed by atoms with Crippen LogP contribution in [0.5, 0.6) is 0 Å². The number of nitrogens with zero attached hydrogens (tertiary/aromatic N) is 2. The highest BCUT2D eigenvalue weighted by atomic mass is 15.4. The molecule has 0 bridgehead atoms. The maximum atomic E-state index is 8.56. The third kappa shape index (κ3) is 1.90. The molecule has 2 atom stereocenters. The fourth-order valence-corrected chi connectivity index (χ4v) is 1.68. The smallest absolute Gasteiger partial charge is 0.0638 e. The van der Waals surface area contributed by atoms with Crippen molar-refractivity contribution in [3.8, 4) is 6.07 Å². The van der Waals surface area contributed by atoms with Gasteiger partial charge in [0, 0.05) is 24.5 Å². The van der Waals surface area contributed by atoms with E-state index < -0.39 is 0 Å². The lowest BCUT2D eigenvalue weighted by molar-refractivity contribution is 0.547. The molecule has 2 unspecified atom stereocenters. The lowest BCUT2D eigenvalue weighted by Gasteiger charge is -2.07. The van der Waals surface area contributed by atoms with Crippen molar-refractivity contribution < 1.29 is 0 Å². The van der Waals surface area contributed by atoms with Crippen molar-refractivity contribution in [1.82, 2.24) is 15.8 Å². The van der Waals surface area contributed by atoms with Crippen LogP contribution in [0.4, 0.5) is 0 Å². The Balaban J connectivity index is 2.00. The van der Waals surface area contributed by atoms with Gasteiger partial charge >= 0.3 is 0 Å². The molecule has 72 valence electrons. The van der Waals surface area contributed by atoms with Crippen LogP contribution in [0.25, 0.3) is 0 Å². The Labute approximate surface area is 82.9 Å². The molecule has 0 aromatic carbocycles. The first-order valence-corrected chi connectivity index (χ1v) is 4.68. The van der Waals surface area contributed by atoms with Gasteiger partial charge in [-0.15, -0.1) is 0 Å². The molecule has 0 amide bonds. The highest BCUT2D eigenvalue weighted by molar-refractivity contribution is 5.16. The van der Waals surface area contributed by atoms with Crippen molar-refractivity contribution in [2.45, 2.75) is 24.9 Å². The van der Waals surface area contributed by atoms with Crippen LogP contribution in [0.2, 0.25) is 0 Å². The van der Waals surface area contributed by atoms with Crippen LogP contribution in [0, 0.1) is 11.3 Å². The number of nitriles is 1. The molecular formula is C10H12N4. The summed E-state index contributed by atoms with van der Waals surface area (Å²) in [6, 6.07) is 6.72. The Morgan fingerprint density at radius 2 is 2.21 bits per heavy atom. The summed E-state index contributed by atoms with van der Waals surface area (Å²) in [4.78, 5) is 3.97. The topological polar surface area (TPSA) is 60.7 Å². The first-order chi connectivity index (χ1) is 6.90. The van der Waals surface area contributed by atoms with E-state index in [1.807, 2.05) is 12.1 Å². The third-order valence-electron chi connectivity index (χ3n) is 2.43. The zero-order chi connectivity index (χ0) is 9.80. The number of nitrogens with one attached hydrogen (secondary N) is 2. The molecule has 2 rings (SSSR count). The van der Waals surface area contributed by atoms with Gasteiger partial charge in [-0.2, -0.15) is 5.26 Å². The Kier molecular flexibility index (Phi) is 2.73. The molecular weight excluding hydrogens is 176 g/mol. The molecule has 14 heavy (non-hydrogen) atoms. The summed E-state index contributed by atoms with van der Waals surface area (Å²) >= 11 is 0. The van der Waals surface area contributed by atoms with E-state index >= 15 is 0 Å². The molecule has 1 aliphatic heterocycles. The average Bonchev–Trinajstić information content (AvgIpc) is 2.68. The molecule has 1 aliphatic rings. The van der Waals surface area contributed by atoms with Gasteiger partial charge < -0.3 is 0 Å². The van der Waals surface area contributed by atoms with E-state index in [0.717, 1.165) is 6.42 Å². The second-order valence-electron chi connectivity index (χ2n) is 3.42. The molecule has 1 saturated heterocycles. The van der Waals surface area contributed by atoms with Gasteiger partial charge in [0.2, 0.25) is 0 Å². The first-order valence-electron chi connectivity index (χ1n) is 4.68. The van der Waals surface area contributed by atoms with Gasteiger partial charge in [-0.1, -0.05) is 0 Å². The first kappa shape index (κ1) is 9.13. The molecule has 0 saturated carbocycles. The van der Waals surface area contributed by atoms with Gasteiger partial charge in [-0.3, -0.25) is 10.4 Å². The van der Waals surface area contributed by atoms with Gasteiger partial charge in [-0.05, 0) is 24.1 Å². The molecule has 0 spiro atoms. The number of pyridine rings is 1. The summed E-state index contributed by atoms with van der Waals surface area (Å²) < 4.78 is 0. The summed E-state index contributed by atoms with van der Waals surface area (Å²) in [7, 11) is 0. The van der Waals surface area contributed by atoms with Crippen molar-refractivity contribution in [1.29, 1.82) is 5.26 Å². The minimum atomic E-state index is 0.262. The fraction of sp³-hybridized carbons (Fsp3) is 0.400. The van der Waals surface area contributed by atoms with Crippen LogP contribution < -0.4 is 10.9 Å². The molecule has 2 N–H and O–H groups in total. The summed E-state index contributed by atoms with van der Waals surface area (Å²) in [5.41, 5.74) is 7.51. The number of hydrazine groups is 1. The van der Waals surface area contributed by atoms with E-state index in [9.17, 15) is 0 Å². The van der Waals surface area contributed by atoms with Gasteiger partial charge in [-0.25, -0.2) is 5.43 Å². The molecule has 1 aromatic rings. The predicted octanol–water partition coefficient (Wildman–Crippen LogP) is 0.903. The zero-order valence-electron chi connectivity index (χ0n) is 7.77. The van der Waals surface area contributed by atoms with Gasteiger partial charge in [0.15, 0.2) is 0 Å². The van der Waals surface area contributed by atoms with E-state index in [2.05, 4.69) is 21.9 Å². The van der Waals surface area contributed by atoms with E-state index in [0.29, 0.717) is 12.5 Å². The number of hydrogen-bond acceptors (Lipinski definition) is 4. The largest absolute Gasteiger partial charge is 0.265 e. The van der Waals surface area contributed by atoms with Crippen molar-refractivity contribution in [3.05, 3.63) is 30.1 Å². The van der Waals surface area contributed by atoms with Gasteiger partial charge in [0.1, 0.15) is 0 Å². The van der Waals surface area contributed by atoms with Crippen LogP contribution in [-0.4, -0.2) is 11.0 Å². The molecule has 4 heteroatoms. The van der Waals surface area contributed by atoms with E-state index in [4.69, 9.17) is 5.26 Å². The lowest BCUT2D eigenvalue weighted by Crippen LogP contribution is -2.30. The van der Waals surface area contributed by atoms with E-state index in [1.165, 1.54) is 5.56 Å². The lowest BCUT2D eigenvalue weighted by atomic mass is 10.0. The molecule has 4 nitrogen and oxygen atoms in total. The van der Waals surface area contributed by atoms with Crippen LogP contribution in [-0.2, 0) is 0 Å². The Hall–Kier alpha value is -1.44. The Morgan fingerprint density at radius 1 is 1.43 bits per heavy atom. The Morgan fingerprint density at radius 3 is 2.93 bits per heavy atom. The quantitative estimate of drug-likeness (QED) is 0.724. The summed E-state index contributed by atoms with van der Waals surface area (Å²) in [6.07, 6.45) is 5.08. The van der Waals surface area contributed by atoms with Crippen molar-refractivity contribution in [3.63, 3.8) is 0 Å². The molecule has 0 aliphatic carbocycles. The normalized spacial score (nSPS) is 25.9. The van der Waals surface area contributed by atoms with E-state index in [-0.39, 0.29) is 6.04 Å². The second kappa shape index (κ2) is 4.18. The Bertz CT molecular complexity index is 330. The van der Waals surface area contributed by atoms with Crippen LogP contribution >= 0.6 is 0 Å². The van der Waals surface area contributed by atoms with Crippen LogP contribution in [0.1, 0.15) is 24.4 Å². The number of aromatic nitrogens is 1. The van der Waals surface area contributed by atoms with Crippen molar-refractivity contribution in [2.75, 3.05) is 0 Å². The highest BCUT2D eigenvalue weighted by Gasteiger charge is 2.24. The summed E-state index contributed by atoms with van der Waals surface area (Å²) in [6.45, 7) is 0. The molecule has 0 radical (unpaired) electrons. The maximum absolute atomic E-state index is 8.56. The molecule has 1 aromatic heterocycles. The number of hydrogen-bond donors (Lipinski definition) is 2. The van der Waals surface area contributed by atoms with Gasteiger partial charge in [0.05, 0.1) is 12.5 Å². The van der Waals surface area contributed by atoms with Gasteiger partial charge in [0.25, 0.3) is 0 Å². The maximum Gasteiger partial charge on any atom is 0.0638 e. The van der Waals surface area contributed by atoms with Crippen LogP contribution in [0.15, 0.2) is 24.5 Å². The fourth-order valence-electron chi connectivity index (χ4n) is 1.68. The average molecular weight is 188 g/mol. The minimum Gasteiger partial charge on any atom is -0.265 e. The molecule has 2 heterocycles. The predicted molar refractivity (Wildman–Crippen MR) is 51.9 cm³/mol. The van der Waals surface area contributed by atoms with Crippen molar-refractivity contribution in [2.24, 2.45) is 0 Å². The standard InChI is InChI=1S/C10H12N4/c11-4-1-9-7-10(14-13-9)8-2-5-12-6-3-8/h2-3,5-6,9-10,13-14H,1,7H2. The van der Waals surface area contributed by atoms with Crippen molar-refractivity contribution >= 4 is 0 Å². The summed E-state index contributed by atoms with van der Waals surface area (Å²) in [5, 5.41) is 8.56. The monoisotopic (exact) mass is 188 g/mol. The van der Waals surface area contributed by atoms with Crippen LogP contribution in [0.3, 0.4) is 0 Å². The highest BCUT2D eigenvalue weighted by Crippen LogP contribution is 2.22. The second-order valence-corrected chi connectivity index (χ2v) is 3.42. The third-order valence-corrected chi connectivity index (χ3v) is 2.43. The SMILES string of the molecule is N#CCC1CC(c2ccncc2)NN1. The summed E-state index contributed by atoms with van der Waals surface area (Å²) in [5.74, 6) is 0. The van der Waals surface area contributed by atoms with E-state index in [1.54, 1.807) is 12.4 Å². The minimum absolute atomic E-state index is 0.262. The molecule has 1 fully saturated rings. The number of rotatable bonds is 2. The zero-order valence-corrected chi connectivity index (χ0v) is 7.77.